The fourth-order valence-corrected chi connectivity index (χ4v) is 1.80. The first-order chi connectivity index (χ1) is 8.97. The van der Waals surface area contributed by atoms with Crippen molar-refractivity contribution in [1.29, 1.82) is 0 Å². The van der Waals surface area contributed by atoms with Crippen molar-refractivity contribution in [3.63, 3.8) is 0 Å². The van der Waals surface area contributed by atoms with Gasteiger partial charge in [0, 0.05) is 32.7 Å². The van der Waals surface area contributed by atoms with Crippen LogP contribution in [0, 0.1) is 0 Å². The lowest BCUT2D eigenvalue weighted by atomic mass is 10.1. The minimum atomic E-state index is 0.0908. The predicted octanol–water partition coefficient (Wildman–Crippen LogP) is 0.674. The molecule has 0 aromatic heterocycles. The highest BCUT2D eigenvalue weighted by Gasteiger charge is 2.10. The van der Waals surface area contributed by atoms with Gasteiger partial charge in [0.2, 0.25) is 5.91 Å². The van der Waals surface area contributed by atoms with E-state index in [-0.39, 0.29) is 5.91 Å². The van der Waals surface area contributed by atoms with Crippen LogP contribution in [0.2, 0.25) is 0 Å². The molecular weight excluding hydrogens is 242 g/mol. The third-order valence-electron chi connectivity index (χ3n) is 2.93. The van der Waals surface area contributed by atoms with Crippen molar-refractivity contribution in [3.8, 4) is 5.75 Å². The molecular formula is C14H23N3O2. The molecule has 0 fully saturated rings. The Morgan fingerprint density at radius 3 is 2.53 bits per heavy atom. The molecule has 0 radical (unpaired) electrons. The van der Waals surface area contributed by atoms with Crippen molar-refractivity contribution >= 4 is 5.91 Å². The maximum absolute atomic E-state index is 11.6. The highest BCUT2D eigenvalue weighted by Crippen LogP contribution is 2.20. The van der Waals surface area contributed by atoms with Gasteiger partial charge in [0.05, 0.1) is 13.7 Å². The van der Waals surface area contributed by atoms with Gasteiger partial charge < -0.3 is 15.4 Å². The van der Waals surface area contributed by atoms with Crippen LogP contribution < -0.4 is 10.5 Å². The molecule has 1 aromatic rings. The van der Waals surface area contributed by atoms with Gasteiger partial charge in [-0.25, -0.2) is 0 Å². The number of nitrogens with two attached hydrogens (primary N) is 1. The number of methoxy groups -OCH3 is 1. The summed E-state index contributed by atoms with van der Waals surface area (Å²) in [5, 5.41) is 0. The molecule has 1 rings (SSSR count). The number of amides is 1. The molecule has 2 N–H and O–H groups in total. The van der Waals surface area contributed by atoms with Crippen LogP contribution >= 0.6 is 0 Å². The Hall–Kier alpha value is -1.59. The van der Waals surface area contributed by atoms with E-state index in [0.29, 0.717) is 19.6 Å². The highest BCUT2D eigenvalue weighted by molar-refractivity contribution is 5.77. The van der Waals surface area contributed by atoms with E-state index in [1.54, 1.807) is 26.1 Å². The van der Waals surface area contributed by atoms with Crippen molar-refractivity contribution < 1.29 is 9.53 Å². The van der Waals surface area contributed by atoms with E-state index < -0.39 is 0 Å². The quantitative estimate of drug-likeness (QED) is 0.821. The monoisotopic (exact) mass is 265 g/mol. The summed E-state index contributed by atoms with van der Waals surface area (Å²) in [4.78, 5) is 15.2. The molecule has 0 aliphatic carbocycles. The molecule has 0 unspecified atom stereocenters. The van der Waals surface area contributed by atoms with Gasteiger partial charge in [-0.2, -0.15) is 0 Å². The van der Waals surface area contributed by atoms with E-state index in [9.17, 15) is 4.79 Å². The van der Waals surface area contributed by atoms with Gasteiger partial charge in [0.25, 0.3) is 0 Å². The number of rotatable bonds is 6. The third-order valence-corrected chi connectivity index (χ3v) is 2.93. The van der Waals surface area contributed by atoms with Crippen molar-refractivity contribution in [1.82, 2.24) is 9.80 Å². The Kier molecular flexibility index (Phi) is 5.79. The fraction of sp³-hybridized carbons (Fsp3) is 0.500. The van der Waals surface area contributed by atoms with Crippen molar-refractivity contribution in [2.45, 2.75) is 13.1 Å². The summed E-state index contributed by atoms with van der Waals surface area (Å²) in [7, 11) is 7.08. The lowest BCUT2D eigenvalue weighted by Gasteiger charge is -2.19. The predicted molar refractivity (Wildman–Crippen MR) is 75.9 cm³/mol. The molecule has 5 heteroatoms. The maximum atomic E-state index is 11.6. The van der Waals surface area contributed by atoms with Crippen molar-refractivity contribution in [2.75, 3.05) is 34.8 Å². The number of benzene rings is 1. The van der Waals surface area contributed by atoms with Crippen LogP contribution in [-0.2, 0) is 17.9 Å². The topological polar surface area (TPSA) is 58.8 Å². The molecule has 0 aliphatic heterocycles. The molecule has 0 atom stereocenters. The summed E-state index contributed by atoms with van der Waals surface area (Å²) >= 11 is 0. The first-order valence-electron chi connectivity index (χ1n) is 6.22. The molecule has 0 heterocycles. The Labute approximate surface area is 114 Å². The zero-order chi connectivity index (χ0) is 14.4. The molecule has 1 amide bonds. The molecule has 1 aromatic carbocycles. The van der Waals surface area contributed by atoms with Gasteiger partial charge in [-0.3, -0.25) is 9.69 Å². The number of carbonyl (C=O) groups excluding carboxylic acids is 1. The SMILES string of the molecule is COc1cc(CN(C)CC(=O)N(C)C)ccc1CN. The van der Waals surface area contributed by atoms with Crippen LogP contribution in [0.25, 0.3) is 0 Å². The number of nitrogens with zero attached hydrogens (tertiary/aromatic N) is 2. The van der Waals surface area contributed by atoms with Crippen LogP contribution in [0.4, 0.5) is 0 Å². The van der Waals surface area contributed by atoms with E-state index in [0.717, 1.165) is 16.9 Å². The summed E-state index contributed by atoms with van der Waals surface area (Å²) in [6.45, 7) is 1.55. The maximum Gasteiger partial charge on any atom is 0.236 e. The minimum Gasteiger partial charge on any atom is -0.496 e. The van der Waals surface area contributed by atoms with Gasteiger partial charge in [0.1, 0.15) is 5.75 Å². The van der Waals surface area contributed by atoms with E-state index in [4.69, 9.17) is 10.5 Å². The second-order valence-corrected chi connectivity index (χ2v) is 4.81. The van der Waals surface area contributed by atoms with Gasteiger partial charge in [-0.05, 0) is 18.7 Å². The van der Waals surface area contributed by atoms with Crippen LogP contribution in [0.3, 0.4) is 0 Å². The van der Waals surface area contributed by atoms with E-state index >= 15 is 0 Å². The normalized spacial score (nSPS) is 10.6. The van der Waals surface area contributed by atoms with Gasteiger partial charge in [-0.1, -0.05) is 12.1 Å². The second-order valence-electron chi connectivity index (χ2n) is 4.81. The van der Waals surface area contributed by atoms with E-state index in [1.807, 2.05) is 30.1 Å². The zero-order valence-corrected chi connectivity index (χ0v) is 12.1. The van der Waals surface area contributed by atoms with Gasteiger partial charge >= 0.3 is 0 Å². The summed E-state index contributed by atoms with van der Waals surface area (Å²) < 4.78 is 5.30. The Morgan fingerprint density at radius 2 is 2.00 bits per heavy atom. The Bertz CT molecular complexity index is 433. The number of ether oxygens (including phenoxy) is 1. The second kappa shape index (κ2) is 7.11. The summed E-state index contributed by atoms with van der Waals surface area (Å²) in [5.74, 6) is 0.889. The highest BCUT2D eigenvalue weighted by atomic mass is 16.5. The lowest BCUT2D eigenvalue weighted by Crippen LogP contribution is -2.34. The van der Waals surface area contributed by atoms with Crippen LogP contribution in [0.15, 0.2) is 18.2 Å². The van der Waals surface area contributed by atoms with Gasteiger partial charge in [-0.15, -0.1) is 0 Å². The van der Waals surface area contributed by atoms with Crippen LogP contribution in [-0.4, -0.2) is 50.5 Å². The first-order valence-corrected chi connectivity index (χ1v) is 6.22. The lowest BCUT2D eigenvalue weighted by molar-refractivity contribution is -0.129. The largest absolute Gasteiger partial charge is 0.496 e. The molecule has 106 valence electrons. The Morgan fingerprint density at radius 1 is 1.32 bits per heavy atom. The molecule has 0 saturated carbocycles. The molecule has 0 spiro atoms. The standard InChI is InChI=1S/C14H23N3O2/c1-16(2)14(18)10-17(3)9-11-5-6-12(8-15)13(7-11)19-4/h5-7H,8-10,15H2,1-4H3. The van der Waals surface area contributed by atoms with E-state index in [1.165, 1.54) is 0 Å². The number of carbonyl (C=O) groups is 1. The average Bonchev–Trinajstić information content (AvgIpc) is 2.38. The molecule has 19 heavy (non-hydrogen) atoms. The first kappa shape index (κ1) is 15.5. The van der Waals surface area contributed by atoms with Crippen molar-refractivity contribution in [3.05, 3.63) is 29.3 Å². The number of hydrogen-bond acceptors (Lipinski definition) is 4. The van der Waals surface area contributed by atoms with Gasteiger partial charge in [0.15, 0.2) is 0 Å². The molecule has 0 bridgehead atoms. The summed E-state index contributed by atoms with van der Waals surface area (Å²) in [5.41, 5.74) is 7.72. The third kappa shape index (κ3) is 4.54. The summed E-state index contributed by atoms with van der Waals surface area (Å²) in [6.07, 6.45) is 0. The summed E-state index contributed by atoms with van der Waals surface area (Å²) in [6, 6.07) is 5.95. The zero-order valence-electron chi connectivity index (χ0n) is 12.1. The number of hydrogen-bond donors (Lipinski definition) is 1. The molecule has 0 aliphatic rings. The van der Waals surface area contributed by atoms with Crippen LogP contribution in [0.5, 0.6) is 5.75 Å². The Balaban J connectivity index is 2.69. The van der Waals surface area contributed by atoms with E-state index in [2.05, 4.69) is 0 Å². The minimum absolute atomic E-state index is 0.0908. The van der Waals surface area contributed by atoms with Crippen molar-refractivity contribution in [2.24, 2.45) is 5.73 Å². The number of likely N-dealkylation sites (N-methyl/N-ethyl adjacent to an activating group) is 2. The van der Waals surface area contributed by atoms with Crippen LogP contribution in [0.1, 0.15) is 11.1 Å². The average molecular weight is 265 g/mol. The molecule has 0 saturated heterocycles. The smallest absolute Gasteiger partial charge is 0.236 e. The fourth-order valence-electron chi connectivity index (χ4n) is 1.80. The molecule has 5 nitrogen and oxygen atoms in total.